The van der Waals surface area contributed by atoms with Crippen molar-refractivity contribution in [1.29, 1.82) is 0 Å². The Balaban J connectivity index is 1.66. The summed E-state index contributed by atoms with van der Waals surface area (Å²) >= 11 is 0. The second kappa shape index (κ2) is 10.1. The highest BCUT2D eigenvalue weighted by Gasteiger charge is 2.27. The van der Waals surface area contributed by atoms with E-state index in [4.69, 9.17) is 0 Å². The predicted molar refractivity (Wildman–Crippen MR) is 137 cm³/mol. The van der Waals surface area contributed by atoms with E-state index in [9.17, 15) is 13.2 Å². The van der Waals surface area contributed by atoms with Crippen LogP contribution in [0.15, 0.2) is 108 Å². The van der Waals surface area contributed by atoms with Gasteiger partial charge in [0.1, 0.15) is 0 Å². The van der Waals surface area contributed by atoms with E-state index in [-0.39, 0.29) is 23.6 Å². The van der Waals surface area contributed by atoms with Crippen LogP contribution in [-0.4, -0.2) is 20.7 Å². The number of carbonyl (C=O) groups is 1. The van der Waals surface area contributed by atoms with Crippen LogP contribution in [-0.2, 0) is 21.2 Å². The molecule has 4 nitrogen and oxygen atoms in total. The fourth-order valence-corrected chi connectivity index (χ4v) is 5.31. The van der Waals surface area contributed by atoms with Crippen LogP contribution in [0, 0.1) is 13.8 Å². The summed E-state index contributed by atoms with van der Waals surface area (Å²) in [6.07, 6.45) is 0.136. The molecule has 0 atom stereocenters. The Labute approximate surface area is 201 Å². The number of aryl methyl sites for hydroxylation is 2. The largest absolute Gasteiger partial charge is 0.297 e. The van der Waals surface area contributed by atoms with E-state index in [1.807, 2.05) is 80.6 Å². The summed E-state index contributed by atoms with van der Waals surface area (Å²) in [6.45, 7) is 3.60. The quantitative estimate of drug-likeness (QED) is 0.319. The molecule has 0 aliphatic rings. The van der Waals surface area contributed by atoms with Crippen molar-refractivity contribution >= 4 is 21.5 Å². The third-order valence-corrected chi connectivity index (χ3v) is 7.53. The first-order chi connectivity index (χ1) is 16.3. The van der Waals surface area contributed by atoms with Gasteiger partial charge in [0.25, 0.3) is 10.0 Å². The zero-order valence-corrected chi connectivity index (χ0v) is 20.1. The van der Waals surface area contributed by atoms with Crippen molar-refractivity contribution in [1.82, 2.24) is 0 Å². The second-order valence-corrected chi connectivity index (χ2v) is 10.3. The molecule has 0 aliphatic heterocycles. The van der Waals surface area contributed by atoms with Gasteiger partial charge in [0.05, 0.1) is 17.1 Å². The standard InChI is InChI=1S/C29H27NO3S/c1-22-12-16-26(17-13-22)30(34(32,33)28-18-14-23(2)15-19-28)21-27(31)20-25-10-6-7-11-29(25)24-8-4-3-5-9-24/h3-19H,20-21H2,1-2H3. The number of sulfonamides is 1. The number of benzene rings is 4. The number of hydrogen-bond donors (Lipinski definition) is 0. The van der Waals surface area contributed by atoms with E-state index in [2.05, 4.69) is 0 Å². The van der Waals surface area contributed by atoms with E-state index >= 15 is 0 Å². The van der Waals surface area contributed by atoms with Gasteiger partial charge < -0.3 is 0 Å². The summed E-state index contributed by atoms with van der Waals surface area (Å²) in [4.78, 5) is 13.4. The predicted octanol–water partition coefficient (Wildman–Crippen LogP) is 5.98. The smallest absolute Gasteiger partial charge is 0.264 e. The Morgan fingerprint density at radius 1 is 0.706 bits per heavy atom. The SMILES string of the molecule is Cc1ccc(N(CC(=O)Cc2ccccc2-c2ccccc2)S(=O)(=O)c2ccc(C)cc2)cc1. The molecule has 0 fully saturated rings. The molecule has 0 bridgehead atoms. The van der Waals surface area contributed by atoms with E-state index in [1.54, 1.807) is 36.4 Å². The molecule has 172 valence electrons. The molecule has 4 aromatic carbocycles. The van der Waals surface area contributed by atoms with Gasteiger partial charge in [0, 0.05) is 6.42 Å². The van der Waals surface area contributed by atoms with Crippen LogP contribution in [0.4, 0.5) is 5.69 Å². The van der Waals surface area contributed by atoms with Gasteiger partial charge in [-0.25, -0.2) is 8.42 Å². The molecule has 0 aromatic heterocycles. The minimum absolute atomic E-state index is 0.136. The zero-order chi connectivity index (χ0) is 24.1. The topological polar surface area (TPSA) is 54.5 Å². The van der Waals surface area contributed by atoms with Crippen LogP contribution < -0.4 is 4.31 Å². The molecule has 0 radical (unpaired) electrons. The minimum Gasteiger partial charge on any atom is -0.297 e. The van der Waals surface area contributed by atoms with Crippen LogP contribution in [0.25, 0.3) is 11.1 Å². The summed E-state index contributed by atoms with van der Waals surface area (Å²) in [7, 11) is -3.92. The van der Waals surface area contributed by atoms with Crippen LogP contribution >= 0.6 is 0 Å². The number of ketones is 1. The Bertz CT molecular complexity index is 1380. The highest BCUT2D eigenvalue weighted by atomic mass is 32.2. The third-order valence-electron chi connectivity index (χ3n) is 5.74. The van der Waals surface area contributed by atoms with Gasteiger partial charge in [-0.05, 0) is 54.8 Å². The van der Waals surface area contributed by atoms with Crippen molar-refractivity contribution in [3.05, 3.63) is 120 Å². The first kappa shape index (κ1) is 23.5. The Kier molecular flexibility index (Phi) is 6.94. The van der Waals surface area contributed by atoms with Gasteiger partial charge in [-0.3, -0.25) is 9.10 Å². The molecule has 0 amide bonds. The fourth-order valence-electron chi connectivity index (χ4n) is 3.87. The molecule has 0 heterocycles. The molecule has 0 unspecified atom stereocenters. The minimum atomic E-state index is -3.92. The molecule has 0 spiro atoms. The fraction of sp³-hybridized carbons (Fsp3) is 0.138. The lowest BCUT2D eigenvalue weighted by Crippen LogP contribution is -2.36. The van der Waals surface area contributed by atoms with Crippen molar-refractivity contribution in [2.45, 2.75) is 25.2 Å². The van der Waals surface area contributed by atoms with Crippen LogP contribution in [0.2, 0.25) is 0 Å². The van der Waals surface area contributed by atoms with E-state index in [0.29, 0.717) is 5.69 Å². The molecule has 4 rings (SSSR count). The van der Waals surface area contributed by atoms with Crippen LogP contribution in [0.3, 0.4) is 0 Å². The molecule has 0 saturated heterocycles. The van der Waals surface area contributed by atoms with Crippen molar-refractivity contribution in [2.75, 3.05) is 10.8 Å². The number of nitrogens with zero attached hydrogens (tertiary/aromatic N) is 1. The zero-order valence-electron chi connectivity index (χ0n) is 19.3. The molecule has 0 saturated carbocycles. The maximum absolute atomic E-state index is 13.6. The van der Waals surface area contributed by atoms with E-state index in [1.165, 1.54) is 4.31 Å². The lowest BCUT2D eigenvalue weighted by molar-refractivity contribution is -0.117. The number of Topliss-reactive ketones (excluding diaryl/α,β-unsaturated/α-hetero) is 1. The number of anilines is 1. The summed E-state index contributed by atoms with van der Waals surface area (Å²) < 4.78 is 28.4. The highest BCUT2D eigenvalue weighted by molar-refractivity contribution is 7.92. The van der Waals surface area contributed by atoms with E-state index < -0.39 is 10.0 Å². The van der Waals surface area contributed by atoms with Gasteiger partial charge in [0.2, 0.25) is 0 Å². The number of rotatable bonds is 8. The van der Waals surface area contributed by atoms with Crippen molar-refractivity contribution in [3.8, 4) is 11.1 Å². The van der Waals surface area contributed by atoms with Crippen LogP contribution in [0.5, 0.6) is 0 Å². The van der Waals surface area contributed by atoms with Crippen molar-refractivity contribution in [3.63, 3.8) is 0 Å². The molecule has 0 N–H and O–H groups in total. The van der Waals surface area contributed by atoms with Gasteiger partial charge >= 0.3 is 0 Å². The van der Waals surface area contributed by atoms with Crippen LogP contribution in [0.1, 0.15) is 16.7 Å². The van der Waals surface area contributed by atoms with Crippen molar-refractivity contribution < 1.29 is 13.2 Å². The molecule has 34 heavy (non-hydrogen) atoms. The Hall–Kier alpha value is -3.70. The van der Waals surface area contributed by atoms with Gasteiger partial charge in [-0.15, -0.1) is 0 Å². The molecule has 5 heteroatoms. The Morgan fingerprint density at radius 3 is 1.91 bits per heavy atom. The summed E-state index contributed by atoms with van der Waals surface area (Å²) in [5, 5.41) is 0. The molecular formula is C29H27NO3S. The summed E-state index contributed by atoms with van der Waals surface area (Å²) in [5.74, 6) is -0.181. The lowest BCUT2D eigenvalue weighted by Gasteiger charge is -2.24. The summed E-state index contributed by atoms with van der Waals surface area (Å²) in [5.41, 5.74) is 5.31. The first-order valence-electron chi connectivity index (χ1n) is 11.2. The number of hydrogen-bond acceptors (Lipinski definition) is 3. The van der Waals surface area contributed by atoms with Gasteiger partial charge in [-0.2, -0.15) is 0 Å². The maximum Gasteiger partial charge on any atom is 0.264 e. The Morgan fingerprint density at radius 2 is 1.26 bits per heavy atom. The normalized spacial score (nSPS) is 11.2. The van der Waals surface area contributed by atoms with Gasteiger partial charge in [0.15, 0.2) is 5.78 Å². The molecule has 4 aromatic rings. The molecule has 0 aliphatic carbocycles. The van der Waals surface area contributed by atoms with Gasteiger partial charge in [-0.1, -0.05) is 90.0 Å². The summed E-state index contributed by atoms with van der Waals surface area (Å²) in [6, 6.07) is 31.5. The lowest BCUT2D eigenvalue weighted by atomic mass is 9.96. The van der Waals surface area contributed by atoms with E-state index in [0.717, 1.165) is 27.8 Å². The maximum atomic E-state index is 13.6. The second-order valence-electron chi connectivity index (χ2n) is 8.40. The van der Waals surface area contributed by atoms with Crippen molar-refractivity contribution in [2.24, 2.45) is 0 Å². The first-order valence-corrected chi connectivity index (χ1v) is 12.6. The highest BCUT2D eigenvalue weighted by Crippen LogP contribution is 2.27. The average Bonchev–Trinajstić information content (AvgIpc) is 2.84. The molecular weight excluding hydrogens is 442 g/mol. The number of carbonyl (C=O) groups excluding carboxylic acids is 1. The third kappa shape index (κ3) is 5.26. The average molecular weight is 470 g/mol. The monoisotopic (exact) mass is 469 g/mol.